The lowest BCUT2D eigenvalue weighted by molar-refractivity contribution is 0.0914. The molecule has 1 aliphatic carbocycles. The molecule has 7 nitrogen and oxygen atoms in total. The van der Waals surface area contributed by atoms with Crippen molar-refractivity contribution in [2.24, 2.45) is 5.92 Å². The van der Waals surface area contributed by atoms with Gasteiger partial charge in [-0.1, -0.05) is 46.0 Å². The molecule has 7 heteroatoms. The average Bonchev–Trinajstić information content (AvgIpc) is 3.23. The number of carbonyl (C=O) groups is 2. The molecule has 2 N–H and O–H groups in total. The maximum atomic E-state index is 13.1. The predicted molar refractivity (Wildman–Crippen MR) is 125 cm³/mol. The van der Waals surface area contributed by atoms with E-state index in [9.17, 15) is 14.4 Å². The van der Waals surface area contributed by atoms with Gasteiger partial charge in [-0.2, -0.15) is 0 Å². The molecule has 1 saturated heterocycles. The van der Waals surface area contributed by atoms with Gasteiger partial charge in [-0.25, -0.2) is 0 Å². The Hall–Kier alpha value is -2.15. The molecule has 3 rings (SSSR count). The van der Waals surface area contributed by atoms with E-state index in [1.54, 1.807) is 17.0 Å². The third-order valence-corrected chi connectivity index (χ3v) is 6.45. The van der Waals surface area contributed by atoms with Gasteiger partial charge in [-0.05, 0) is 38.0 Å². The van der Waals surface area contributed by atoms with Gasteiger partial charge in [0.25, 0.3) is 11.8 Å². The van der Waals surface area contributed by atoms with Crippen molar-refractivity contribution < 1.29 is 14.3 Å². The lowest BCUT2D eigenvalue weighted by atomic mass is 9.96. The van der Waals surface area contributed by atoms with Crippen LogP contribution < -0.4 is 16.1 Å². The standard InChI is InChI=1S/C25H39N3O4/c1-18(2)12-13-26-24(30)21-16-28(15-20-11-8-14-32-20)17-22(23(21)29)25(31)27-19-9-6-4-3-5-7-10-19/h16-20H,3-15H2,1-2H3,(H,26,30)(H,27,31)/t20-/m1/s1. The van der Waals surface area contributed by atoms with E-state index < -0.39 is 11.3 Å². The van der Waals surface area contributed by atoms with E-state index >= 15 is 0 Å². The molecule has 2 heterocycles. The first-order valence-corrected chi connectivity index (χ1v) is 12.4. The summed E-state index contributed by atoms with van der Waals surface area (Å²) in [6.45, 7) is 5.92. The summed E-state index contributed by atoms with van der Waals surface area (Å²) in [4.78, 5) is 39.0. The van der Waals surface area contributed by atoms with Crippen LogP contribution >= 0.6 is 0 Å². The summed E-state index contributed by atoms with van der Waals surface area (Å²) in [6.07, 6.45) is 13.6. The third kappa shape index (κ3) is 7.19. The zero-order valence-electron chi connectivity index (χ0n) is 19.7. The van der Waals surface area contributed by atoms with Gasteiger partial charge >= 0.3 is 0 Å². The number of pyridine rings is 1. The summed E-state index contributed by atoms with van der Waals surface area (Å²) in [6, 6.07) is 0.0809. The largest absolute Gasteiger partial charge is 0.376 e. The van der Waals surface area contributed by atoms with Gasteiger partial charge < -0.3 is 19.9 Å². The minimum Gasteiger partial charge on any atom is -0.376 e. The van der Waals surface area contributed by atoms with Crippen LogP contribution in [-0.2, 0) is 11.3 Å². The lowest BCUT2D eigenvalue weighted by Gasteiger charge is -2.21. The Balaban J connectivity index is 1.80. The van der Waals surface area contributed by atoms with Crippen LogP contribution in [0.3, 0.4) is 0 Å². The number of hydrogen-bond acceptors (Lipinski definition) is 4. The van der Waals surface area contributed by atoms with E-state index in [0.717, 1.165) is 51.6 Å². The second kappa shape index (κ2) is 12.2. The Labute approximate surface area is 191 Å². The van der Waals surface area contributed by atoms with Crippen molar-refractivity contribution in [3.63, 3.8) is 0 Å². The second-order valence-corrected chi connectivity index (χ2v) is 9.70. The summed E-state index contributed by atoms with van der Waals surface area (Å²) in [7, 11) is 0. The molecule has 2 fully saturated rings. The van der Waals surface area contributed by atoms with Crippen molar-refractivity contribution in [3.05, 3.63) is 33.7 Å². The van der Waals surface area contributed by atoms with Crippen LogP contribution in [0.1, 0.15) is 98.8 Å². The number of aromatic nitrogens is 1. The van der Waals surface area contributed by atoms with Gasteiger partial charge in [0.1, 0.15) is 11.1 Å². The Morgan fingerprint density at radius 3 is 2.28 bits per heavy atom. The van der Waals surface area contributed by atoms with Crippen molar-refractivity contribution in [1.82, 2.24) is 15.2 Å². The van der Waals surface area contributed by atoms with Gasteiger partial charge in [0, 0.05) is 38.1 Å². The highest BCUT2D eigenvalue weighted by Crippen LogP contribution is 2.18. The van der Waals surface area contributed by atoms with Crippen molar-refractivity contribution >= 4 is 11.8 Å². The van der Waals surface area contributed by atoms with E-state index in [0.29, 0.717) is 19.0 Å². The second-order valence-electron chi connectivity index (χ2n) is 9.70. The molecular formula is C25H39N3O4. The fraction of sp³-hybridized carbons (Fsp3) is 0.720. The zero-order valence-corrected chi connectivity index (χ0v) is 19.7. The third-order valence-electron chi connectivity index (χ3n) is 6.45. The molecule has 1 aliphatic heterocycles. The summed E-state index contributed by atoms with van der Waals surface area (Å²) in [5, 5.41) is 5.91. The molecule has 32 heavy (non-hydrogen) atoms. The van der Waals surface area contributed by atoms with Crippen LogP contribution in [0, 0.1) is 5.92 Å². The highest BCUT2D eigenvalue weighted by atomic mass is 16.5. The van der Waals surface area contributed by atoms with Crippen molar-refractivity contribution in [2.45, 2.75) is 96.7 Å². The van der Waals surface area contributed by atoms with E-state index in [4.69, 9.17) is 4.74 Å². The molecule has 1 aromatic rings. The van der Waals surface area contributed by atoms with Crippen LogP contribution in [0.25, 0.3) is 0 Å². The first-order valence-electron chi connectivity index (χ1n) is 12.4. The highest BCUT2D eigenvalue weighted by Gasteiger charge is 2.23. The van der Waals surface area contributed by atoms with Crippen LogP contribution in [0.5, 0.6) is 0 Å². The molecule has 0 spiro atoms. The molecule has 178 valence electrons. The number of hydrogen-bond donors (Lipinski definition) is 2. The van der Waals surface area contributed by atoms with Crippen molar-refractivity contribution in [3.8, 4) is 0 Å². The molecule has 0 unspecified atom stereocenters. The predicted octanol–water partition coefficient (Wildman–Crippen LogP) is 3.65. The number of nitrogens with one attached hydrogen (secondary N) is 2. The fourth-order valence-electron chi connectivity index (χ4n) is 4.52. The van der Waals surface area contributed by atoms with Crippen molar-refractivity contribution in [1.29, 1.82) is 0 Å². The summed E-state index contributed by atoms with van der Waals surface area (Å²) in [5.41, 5.74) is -0.433. The number of ether oxygens (including phenoxy) is 1. The van der Waals surface area contributed by atoms with E-state index in [-0.39, 0.29) is 29.2 Å². The first-order chi connectivity index (χ1) is 15.4. The summed E-state index contributed by atoms with van der Waals surface area (Å²) in [5.74, 6) is -0.344. The highest BCUT2D eigenvalue weighted by molar-refractivity contribution is 5.99. The van der Waals surface area contributed by atoms with Crippen LogP contribution in [0.4, 0.5) is 0 Å². The Morgan fingerprint density at radius 1 is 1.00 bits per heavy atom. The van der Waals surface area contributed by atoms with E-state index in [2.05, 4.69) is 24.5 Å². The number of rotatable bonds is 8. The minimum atomic E-state index is -0.501. The molecule has 1 aromatic heterocycles. The topological polar surface area (TPSA) is 89.4 Å². The monoisotopic (exact) mass is 445 g/mol. The first kappa shape index (κ1) is 24.5. The maximum absolute atomic E-state index is 13.1. The fourth-order valence-corrected chi connectivity index (χ4v) is 4.52. The quantitative estimate of drug-likeness (QED) is 0.639. The number of carbonyl (C=O) groups excluding carboxylic acids is 2. The molecule has 2 aliphatic rings. The number of nitrogens with zero attached hydrogens (tertiary/aromatic N) is 1. The maximum Gasteiger partial charge on any atom is 0.256 e. The average molecular weight is 446 g/mol. The molecular weight excluding hydrogens is 406 g/mol. The van der Waals surface area contributed by atoms with Crippen LogP contribution in [-0.4, -0.2) is 41.7 Å². The minimum absolute atomic E-state index is 0.0251. The molecule has 1 saturated carbocycles. The summed E-state index contributed by atoms with van der Waals surface area (Å²) < 4.78 is 7.51. The Morgan fingerprint density at radius 2 is 1.66 bits per heavy atom. The van der Waals surface area contributed by atoms with E-state index in [1.165, 1.54) is 19.3 Å². The summed E-state index contributed by atoms with van der Waals surface area (Å²) >= 11 is 0. The van der Waals surface area contributed by atoms with Gasteiger partial charge in [-0.15, -0.1) is 0 Å². The van der Waals surface area contributed by atoms with Crippen LogP contribution in [0.15, 0.2) is 17.2 Å². The zero-order chi connectivity index (χ0) is 22.9. The molecule has 2 amide bonds. The Bertz CT molecular complexity index is 819. The lowest BCUT2D eigenvalue weighted by Crippen LogP contribution is -2.40. The van der Waals surface area contributed by atoms with Crippen LogP contribution in [0.2, 0.25) is 0 Å². The normalized spacial score (nSPS) is 20.0. The molecule has 0 radical (unpaired) electrons. The van der Waals surface area contributed by atoms with Gasteiger partial charge in [0.15, 0.2) is 0 Å². The van der Waals surface area contributed by atoms with Crippen molar-refractivity contribution in [2.75, 3.05) is 13.2 Å². The van der Waals surface area contributed by atoms with E-state index in [1.807, 2.05) is 0 Å². The van der Waals surface area contributed by atoms with Gasteiger partial charge in [-0.3, -0.25) is 14.4 Å². The molecule has 0 aromatic carbocycles. The molecule has 1 atom stereocenters. The molecule has 0 bridgehead atoms. The SMILES string of the molecule is CC(C)CCNC(=O)c1cn(C[C@H]2CCCO2)cc(C(=O)NC2CCCCCCC2)c1=O. The van der Waals surface area contributed by atoms with Gasteiger partial charge in [0.05, 0.1) is 6.10 Å². The van der Waals surface area contributed by atoms with Gasteiger partial charge in [0.2, 0.25) is 5.43 Å². The number of amides is 2. The Kier molecular flexibility index (Phi) is 9.33. The smallest absolute Gasteiger partial charge is 0.256 e.